The number of amides is 1. The van der Waals surface area contributed by atoms with Crippen molar-refractivity contribution in [2.24, 2.45) is 0 Å². The lowest BCUT2D eigenvalue weighted by atomic mass is 10.3. The van der Waals surface area contributed by atoms with Crippen molar-refractivity contribution in [3.05, 3.63) is 53.3 Å². The normalized spacial score (nSPS) is 10.2. The Balaban J connectivity index is 1.72. The van der Waals surface area contributed by atoms with E-state index >= 15 is 0 Å². The lowest BCUT2D eigenvalue weighted by molar-refractivity contribution is -0.132. The SMILES string of the molecule is COc1ccc(OCCN(C)C(=O)COc2ccc(F)c(Cl)c2)cc1. The van der Waals surface area contributed by atoms with E-state index in [0.29, 0.717) is 24.7 Å². The number of nitrogens with zero attached hydrogens (tertiary/aromatic N) is 1. The molecule has 0 N–H and O–H groups in total. The van der Waals surface area contributed by atoms with Gasteiger partial charge in [0.2, 0.25) is 0 Å². The third-order valence-electron chi connectivity index (χ3n) is 3.43. The molecule has 0 saturated heterocycles. The third-order valence-corrected chi connectivity index (χ3v) is 3.72. The van der Waals surface area contributed by atoms with Gasteiger partial charge in [-0.05, 0) is 36.4 Å². The molecule has 25 heavy (non-hydrogen) atoms. The molecule has 0 heterocycles. The second-order valence-electron chi connectivity index (χ2n) is 5.20. The Labute approximate surface area is 150 Å². The van der Waals surface area contributed by atoms with Crippen LogP contribution in [0.15, 0.2) is 42.5 Å². The lowest BCUT2D eigenvalue weighted by Gasteiger charge is -2.18. The Hall–Kier alpha value is -2.47. The van der Waals surface area contributed by atoms with Crippen LogP contribution in [0.2, 0.25) is 5.02 Å². The van der Waals surface area contributed by atoms with Gasteiger partial charge in [0.25, 0.3) is 5.91 Å². The predicted octanol–water partition coefficient (Wildman–Crippen LogP) is 3.40. The molecule has 2 aromatic rings. The Morgan fingerprint density at radius 3 is 2.36 bits per heavy atom. The number of halogens is 2. The number of likely N-dealkylation sites (N-methyl/N-ethyl adjacent to an activating group) is 1. The summed E-state index contributed by atoms with van der Waals surface area (Å²) < 4.78 is 29.0. The molecule has 7 heteroatoms. The van der Waals surface area contributed by atoms with Crippen LogP contribution in [0.1, 0.15) is 0 Å². The van der Waals surface area contributed by atoms with Crippen LogP contribution in [0.25, 0.3) is 0 Å². The highest BCUT2D eigenvalue weighted by molar-refractivity contribution is 6.30. The Morgan fingerprint density at radius 2 is 1.72 bits per heavy atom. The van der Waals surface area contributed by atoms with Gasteiger partial charge in [-0.15, -0.1) is 0 Å². The molecule has 0 unspecified atom stereocenters. The van der Waals surface area contributed by atoms with Crippen molar-refractivity contribution < 1.29 is 23.4 Å². The minimum Gasteiger partial charge on any atom is -0.497 e. The topological polar surface area (TPSA) is 48.0 Å². The lowest BCUT2D eigenvalue weighted by Crippen LogP contribution is -2.34. The fourth-order valence-corrected chi connectivity index (χ4v) is 2.09. The molecule has 5 nitrogen and oxygen atoms in total. The highest BCUT2D eigenvalue weighted by Crippen LogP contribution is 2.21. The van der Waals surface area contributed by atoms with Crippen molar-refractivity contribution in [3.63, 3.8) is 0 Å². The maximum atomic E-state index is 13.1. The van der Waals surface area contributed by atoms with E-state index < -0.39 is 5.82 Å². The number of carbonyl (C=O) groups excluding carboxylic acids is 1. The first-order valence-corrected chi connectivity index (χ1v) is 7.96. The van der Waals surface area contributed by atoms with Crippen LogP contribution < -0.4 is 14.2 Å². The number of hydrogen-bond donors (Lipinski definition) is 0. The summed E-state index contributed by atoms with van der Waals surface area (Å²) >= 11 is 5.66. The van der Waals surface area contributed by atoms with Gasteiger partial charge >= 0.3 is 0 Å². The first kappa shape index (κ1) is 18.9. The van der Waals surface area contributed by atoms with E-state index in [1.54, 1.807) is 38.4 Å². The molecule has 0 aliphatic rings. The molecule has 0 aliphatic heterocycles. The fourth-order valence-electron chi connectivity index (χ4n) is 1.92. The smallest absolute Gasteiger partial charge is 0.260 e. The molecule has 134 valence electrons. The van der Waals surface area contributed by atoms with Gasteiger partial charge in [-0.25, -0.2) is 4.39 Å². The Morgan fingerprint density at radius 1 is 1.08 bits per heavy atom. The Bertz CT molecular complexity index is 709. The zero-order valence-corrected chi connectivity index (χ0v) is 14.8. The molecule has 0 spiro atoms. The van der Waals surface area contributed by atoms with Gasteiger partial charge in [-0.2, -0.15) is 0 Å². The Kier molecular flexibility index (Phi) is 6.89. The molecular formula is C18H19ClFNO4. The van der Waals surface area contributed by atoms with Crippen molar-refractivity contribution in [2.75, 3.05) is 33.9 Å². The van der Waals surface area contributed by atoms with Crippen molar-refractivity contribution in [2.45, 2.75) is 0 Å². The first-order valence-electron chi connectivity index (χ1n) is 7.58. The summed E-state index contributed by atoms with van der Waals surface area (Å²) in [6.07, 6.45) is 0. The molecule has 0 atom stereocenters. The van der Waals surface area contributed by atoms with Crippen LogP contribution in [0.3, 0.4) is 0 Å². The zero-order chi connectivity index (χ0) is 18.2. The monoisotopic (exact) mass is 367 g/mol. The quantitative estimate of drug-likeness (QED) is 0.717. The van der Waals surface area contributed by atoms with Gasteiger partial charge in [-0.1, -0.05) is 11.6 Å². The van der Waals surface area contributed by atoms with E-state index in [-0.39, 0.29) is 17.5 Å². The number of carbonyl (C=O) groups is 1. The molecule has 0 aliphatic carbocycles. The minimum absolute atomic E-state index is 0.0498. The van der Waals surface area contributed by atoms with Crippen molar-refractivity contribution in [1.82, 2.24) is 4.90 Å². The van der Waals surface area contributed by atoms with Crippen LogP contribution in [0.5, 0.6) is 17.2 Å². The highest BCUT2D eigenvalue weighted by atomic mass is 35.5. The van der Waals surface area contributed by atoms with Gasteiger partial charge in [0.15, 0.2) is 6.61 Å². The van der Waals surface area contributed by atoms with Crippen molar-refractivity contribution >= 4 is 17.5 Å². The van der Waals surface area contributed by atoms with Gasteiger partial charge in [0, 0.05) is 13.1 Å². The largest absolute Gasteiger partial charge is 0.497 e. The molecule has 2 rings (SSSR count). The van der Waals surface area contributed by atoms with Crippen LogP contribution >= 0.6 is 11.6 Å². The van der Waals surface area contributed by atoms with E-state index in [2.05, 4.69) is 0 Å². The number of hydrogen-bond acceptors (Lipinski definition) is 4. The highest BCUT2D eigenvalue weighted by Gasteiger charge is 2.10. The summed E-state index contributed by atoms with van der Waals surface area (Å²) in [7, 11) is 3.25. The van der Waals surface area contributed by atoms with Gasteiger partial charge in [0.1, 0.15) is 29.7 Å². The second kappa shape index (κ2) is 9.13. The molecular weight excluding hydrogens is 349 g/mol. The third kappa shape index (κ3) is 5.83. The van der Waals surface area contributed by atoms with Crippen molar-refractivity contribution in [1.29, 1.82) is 0 Å². The van der Waals surface area contributed by atoms with Crippen LogP contribution in [0, 0.1) is 5.82 Å². The maximum absolute atomic E-state index is 13.1. The zero-order valence-electron chi connectivity index (χ0n) is 14.0. The van der Waals surface area contributed by atoms with Crippen LogP contribution in [0.4, 0.5) is 4.39 Å². The fraction of sp³-hybridized carbons (Fsp3) is 0.278. The van der Waals surface area contributed by atoms with E-state index in [9.17, 15) is 9.18 Å². The summed E-state index contributed by atoms with van der Waals surface area (Å²) in [5.41, 5.74) is 0. The number of benzene rings is 2. The average Bonchev–Trinajstić information content (AvgIpc) is 2.62. The molecule has 0 radical (unpaired) electrons. The van der Waals surface area contributed by atoms with Gasteiger partial charge in [-0.3, -0.25) is 4.79 Å². The maximum Gasteiger partial charge on any atom is 0.260 e. The average molecular weight is 368 g/mol. The summed E-state index contributed by atoms with van der Waals surface area (Å²) in [6.45, 7) is 0.580. The first-order chi connectivity index (χ1) is 12.0. The molecule has 0 saturated carbocycles. The number of ether oxygens (including phenoxy) is 3. The standard InChI is InChI=1S/C18H19ClFNO4/c1-21(9-10-24-14-5-3-13(23-2)4-6-14)18(22)12-25-15-7-8-17(20)16(19)11-15/h3-8,11H,9-10,12H2,1-2H3. The number of rotatable bonds is 8. The molecule has 1 amide bonds. The summed E-state index contributed by atoms with van der Waals surface area (Å²) in [6, 6.07) is 11.1. The van der Waals surface area contributed by atoms with E-state index in [4.69, 9.17) is 25.8 Å². The van der Waals surface area contributed by atoms with E-state index in [1.807, 2.05) is 0 Å². The van der Waals surface area contributed by atoms with Gasteiger partial charge in [0.05, 0.1) is 18.7 Å². The number of methoxy groups -OCH3 is 1. The van der Waals surface area contributed by atoms with Crippen LogP contribution in [-0.4, -0.2) is 44.7 Å². The summed E-state index contributed by atoms with van der Waals surface area (Å²) in [5.74, 6) is 1.02. The van der Waals surface area contributed by atoms with Crippen molar-refractivity contribution in [3.8, 4) is 17.2 Å². The van der Waals surface area contributed by atoms with Gasteiger partial charge < -0.3 is 19.1 Å². The second-order valence-corrected chi connectivity index (χ2v) is 5.61. The molecule has 0 bridgehead atoms. The molecule has 0 aromatic heterocycles. The molecule has 2 aromatic carbocycles. The predicted molar refractivity (Wildman–Crippen MR) is 93.0 cm³/mol. The van der Waals surface area contributed by atoms with Crippen LogP contribution in [-0.2, 0) is 4.79 Å². The minimum atomic E-state index is -0.534. The summed E-state index contributed by atoms with van der Waals surface area (Å²) in [5, 5.41) is -0.0498. The van der Waals surface area contributed by atoms with E-state index in [1.165, 1.54) is 23.1 Å². The summed E-state index contributed by atoms with van der Waals surface area (Å²) in [4.78, 5) is 13.5. The molecule has 0 fully saturated rings. The van der Waals surface area contributed by atoms with E-state index in [0.717, 1.165) is 5.75 Å².